The third-order valence-electron chi connectivity index (χ3n) is 7.24. The minimum atomic E-state index is -0.802. The van der Waals surface area contributed by atoms with Crippen molar-refractivity contribution in [2.24, 2.45) is 17.3 Å². The highest BCUT2D eigenvalue weighted by molar-refractivity contribution is 6.07. The van der Waals surface area contributed by atoms with Crippen LogP contribution in [0.4, 0.5) is 5.69 Å². The first-order valence-electron chi connectivity index (χ1n) is 9.24. The number of rotatable bonds is 1. The number of nitrogens with zero attached hydrogens (tertiary/aromatic N) is 2. The Morgan fingerprint density at radius 2 is 2.12 bits per heavy atom. The summed E-state index contributed by atoms with van der Waals surface area (Å²) in [7, 11) is 0. The van der Waals surface area contributed by atoms with Gasteiger partial charge in [0.25, 0.3) is 0 Å². The summed E-state index contributed by atoms with van der Waals surface area (Å²) in [6, 6.07) is 9.07. The van der Waals surface area contributed by atoms with Crippen molar-refractivity contribution in [3.05, 3.63) is 29.8 Å². The van der Waals surface area contributed by atoms with Gasteiger partial charge in [-0.2, -0.15) is 5.26 Å². The maximum absolute atomic E-state index is 13.3. The third-order valence-corrected chi connectivity index (χ3v) is 7.24. The average molecular weight is 350 g/mol. The normalized spacial score (nSPS) is 38.7. The lowest BCUT2D eigenvalue weighted by Crippen LogP contribution is -2.49. The van der Waals surface area contributed by atoms with Crippen molar-refractivity contribution in [2.75, 3.05) is 18.4 Å². The summed E-state index contributed by atoms with van der Waals surface area (Å²) in [5.74, 6) is 0.738. The van der Waals surface area contributed by atoms with Gasteiger partial charge in [-0.15, -0.1) is 0 Å². The van der Waals surface area contributed by atoms with Crippen LogP contribution >= 0.6 is 0 Å². The predicted molar refractivity (Wildman–Crippen MR) is 95.0 cm³/mol. The molecule has 0 bridgehead atoms. The average Bonchev–Trinajstić information content (AvgIpc) is 3.09. The van der Waals surface area contributed by atoms with E-state index in [9.17, 15) is 14.9 Å². The molecule has 2 N–H and O–H groups in total. The second-order valence-electron chi connectivity index (χ2n) is 8.74. The number of amides is 2. The van der Waals surface area contributed by atoms with Gasteiger partial charge >= 0.3 is 0 Å². The number of fused-ring (bicyclic) bond motifs is 3. The van der Waals surface area contributed by atoms with E-state index in [2.05, 4.69) is 30.6 Å². The first kappa shape index (κ1) is 15.8. The van der Waals surface area contributed by atoms with Crippen molar-refractivity contribution in [1.29, 1.82) is 5.26 Å². The Morgan fingerprint density at radius 3 is 2.81 bits per heavy atom. The molecule has 2 saturated heterocycles. The summed E-state index contributed by atoms with van der Waals surface area (Å²) in [5.41, 5.74) is 1.09. The number of nitrogens with one attached hydrogen (secondary N) is 2. The minimum absolute atomic E-state index is 0.0244. The summed E-state index contributed by atoms with van der Waals surface area (Å²) in [5, 5.41) is 16.0. The number of carbonyl (C=O) groups excluding carboxylic acids is 2. The number of carbonyl (C=O) groups is 2. The van der Waals surface area contributed by atoms with E-state index in [1.165, 1.54) is 0 Å². The molecule has 1 saturated carbocycles. The zero-order valence-corrected chi connectivity index (χ0v) is 15.0. The lowest BCUT2D eigenvalue weighted by molar-refractivity contribution is -0.134. The topological polar surface area (TPSA) is 85.2 Å². The van der Waals surface area contributed by atoms with Crippen LogP contribution in [0.15, 0.2) is 24.3 Å². The Kier molecular flexibility index (Phi) is 2.96. The Bertz CT molecular complexity index is 873. The number of likely N-dealkylation sites (tertiary alicyclic amines) is 1. The largest absolute Gasteiger partial charge is 0.325 e. The highest BCUT2D eigenvalue weighted by Crippen LogP contribution is 2.62. The Balaban J connectivity index is 1.47. The fourth-order valence-electron chi connectivity index (χ4n) is 5.62. The van der Waals surface area contributed by atoms with Crippen LogP contribution in [0, 0.1) is 28.6 Å². The van der Waals surface area contributed by atoms with Gasteiger partial charge in [-0.3, -0.25) is 9.59 Å². The van der Waals surface area contributed by atoms with Crippen molar-refractivity contribution in [2.45, 2.75) is 37.8 Å². The maximum Gasteiger partial charge on any atom is 0.241 e. The van der Waals surface area contributed by atoms with Crippen LogP contribution in [0.3, 0.4) is 0 Å². The Morgan fingerprint density at radius 1 is 1.35 bits per heavy atom. The molecular weight excluding hydrogens is 328 g/mol. The Labute approximate surface area is 152 Å². The van der Waals surface area contributed by atoms with Crippen molar-refractivity contribution in [3.63, 3.8) is 0 Å². The summed E-state index contributed by atoms with van der Waals surface area (Å²) < 4.78 is 0. The number of para-hydroxylation sites is 1. The molecule has 2 amide bonds. The van der Waals surface area contributed by atoms with Crippen LogP contribution in [-0.4, -0.2) is 41.9 Å². The fraction of sp³-hybridized carbons (Fsp3) is 0.550. The molecule has 5 atom stereocenters. The molecule has 4 aliphatic rings. The van der Waals surface area contributed by atoms with Crippen molar-refractivity contribution >= 4 is 17.5 Å². The molecule has 2 unspecified atom stereocenters. The van der Waals surface area contributed by atoms with Gasteiger partial charge in [-0.05, 0) is 35.4 Å². The molecule has 6 heteroatoms. The van der Waals surface area contributed by atoms with Crippen LogP contribution in [0.25, 0.3) is 0 Å². The van der Waals surface area contributed by atoms with Gasteiger partial charge in [0, 0.05) is 18.7 Å². The van der Waals surface area contributed by atoms with Gasteiger partial charge < -0.3 is 15.5 Å². The van der Waals surface area contributed by atoms with Crippen molar-refractivity contribution < 1.29 is 9.59 Å². The van der Waals surface area contributed by atoms with E-state index in [1.807, 2.05) is 24.3 Å². The molecule has 1 aliphatic carbocycles. The predicted octanol–water partition coefficient (Wildman–Crippen LogP) is 1.24. The molecular formula is C20H22N4O2. The molecule has 134 valence electrons. The molecule has 1 aromatic carbocycles. The number of piperidine rings is 1. The molecule has 26 heavy (non-hydrogen) atoms. The van der Waals surface area contributed by atoms with Crippen LogP contribution in [-0.2, 0) is 15.0 Å². The molecule has 3 fully saturated rings. The summed E-state index contributed by atoms with van der Waals surface area (Å²) in [6.07, 6.45) is 0.363. The minimum Gasteiger partial charge on any atom is -0.325 e. The molecule has 0 radical (unpaired) electrons. The monoisotopic (exact) mass is 350 g/mol. The Hall–Kier alpha value is -2.39. The molecule has 0 aromatic heterocycles. The standard InChI is InChI=1S/C20H22N4O2/c1-19(2)13-9-22-16(15(13)19)17(25)24-10-20(7-11(24)8-21)12-5-3-4-6-14(12)23-18(20)26/h3-6,11,13,15-16,22H,7,9-10H2,1-2H3,(H,23,26)/t11?,13-,15-,16-,20?/m0/s1. The van der Waals surface area contributed by atoms with E-state index in [0.717, 1.165) is 17.8 Å². The second-order valence-corrected chi connectivity index (χ2v) is 8.74. The molecule has 5 rings (SSSR count). The van der Waals surface area contributed by atoms with Gasteiger partial charge in [0.15, 0.2) is 0 Å². The van der Waals surface area contributed by atoms with Gasteiger partial charge in [0.2, 0.25) is 11.8 Å². The van der Waals surface area contributed by atoms with E-state index < -0.39 is 11.5 Å². The smallest absolute Gasteiger partial charge is 0.241 e. The van der Waals surface area contributed by atoms with Crippen LogP contribution in [0.2, 0.25) is 0 Å². The number of hydrogen-bond acceptors (Lipinski definition) is 4. The third kappa shape index (κ3) is 1.79. The molecule has 3 aliphatic heterocycles. The van der Waals surface area contributed by atoms with Crippen LogP contribution in [0.5, 0.6) is 0 Å². The van der Waals surface area contributed by atoms with Gasteiger partial charge in [-0.1, -0.05) is 32.0 Å². The molecule has 1 aromatic rings. The molecule has 6 nitrogen and oxygen atoms in total. The van der Waals surface area contributed by atoms with Gasteiger partial charge in [0.1, 0.15) is 6.04 Å². The maximum atomic E-state index is 13.3. The number of hydrogen-bond donors (Lipinski definition) is 2. The zero-order chi connectivity index (χ0) is 18.3. The van der Waals surface area contributed by atoms with Crippen LogP contribution < -0.4 is 10.6 Å². The first-order chi connectivity index (χ1) is 12.4. The van der Waals surface area contributed by atoms with E-state index in [-0.39, 0.29) is 29.8 Å². The van der Waals surface area contributed by atoms with Crippen LogP contribution in [0.1, 0.15) is 25.8 Å². The SMILES string of the molecule is CC1(C)[C@@H]2[C@@H](C(=O)N3CC4(CC3C#N)C(=O)Nc3ccccc34)NC[C@@H]21. The first-order valence-corrected chi connectivity index (χ1v) is 9.24. The number of anilines is 1. The van der Waals surface area contributed by atoms with Gasteiger partial charge in [0.05, 0.1) is 17.5 Å². The highest BCUT2D eigenvalue weighted by Gasteiger charge is 2.67. The quantitative estimate of drug-likeness (QED) is 0.798. The van der Waals surface area contributed by atoms with Gasteiger partial charge in [-0.25, -0.2) is 0 Å². The number of nitriles is 1. The highest BCUT2D eigenvalue weighted by atomic mass is 16.2. The van der Waals surface area contributed by atoms with Crippen molar-refractivity contribution in [1.82, 2.24) is 10.2 Å². The molecule has 3 heterocycles. The fourth-order valence-corrected chi connectivity index (χ4v) is 5.62. The van der Waals surface area contributed by atoms with E-state index in [4.69, 9.17) is 0 Å². The van der Waals surface area contributed by atoms with E-state index in [0.29, 0.717) is 18.3 Å². The summed E-state index contributed by atoms with van der Waals surface area (Å²) in [4.78, 5) is 27.7. The van der Waals surface area contributed by atoms with Crippen molar-refractivity contribution in [3.8, 4) is 6.07 Å². The zero-order valence-electron chi connectivity index (χ0n) is 15.0. The summed E-state index contributed by atoms with van der Waals surface area (Å²) >= 11 is 0. The van der Waals surface area contributed by atoms with E-state index >= 15 is 0 Å². The second kappa shape index (κ2) is 4.86. The molecule has 1 spiro atoms. The van der Waals surface area contributed by atoms with E-state index in [1.54, 1.807) is 4.90 Å². The number of benzene rings is 1. The summed E-state index contributed by atoms with van der Waals surface area (Å²) in [6.45, 7) is 5.55. The lowest BCUT2D eigenvalue weighted by Gasteiger charge is -2.27. The lowest BCUT2D eigenvalue weighted by atomic mass is 9.80.